The largest absolute Gasteiger partial charge is 0.232 e. The van der Waals surface area contributed by atoms with Gasteiger partial charge in [-0.05, 0) is 50.4 Å². The van der Waals surface area contributed by atoms with Crippen LogP contribution in [0, 0.1) is 16.7 Å². The molecule has 0 amide bonds. The second-order valence-electron chi connectivity index (χ2n) is 8.16. The minimum Gasteiger partial charge on any atom is -0.232 e. The first-order valence-corrected chi connectivity index (χ1v) is 6.78. The van der Waals surface area contributed by atoms with Crippen LogP contribution in [-0.2, 0) is 9.78 Å². The highest BCUT2D eigenvalue weighted by molar-refractivity contribution is 4.96. The van der Waals surface area contributed by atoms with Crippen molar-refractivity contribution in [1.29, 1.82) is 0 Å². The van der Waals surface area contributed by atoms with Crippen LogP contribution < -0.4 is 0 Å². The molecule has 0 unspecified atom stereocenters. The maximum atomic E-state index is 5.83. The Kier molecular flexibility index (Phi) is 4.01. The third-order valence-electron chi connectivity index (χ3n) is 3.56. The van der Waals surface area contributed by atoms with Crippen LogP contribution in [0.3, 0.4) is 0 Å². The summed E-state index contributed by atoms with van der Waals surface area (Å²) in [7, 11) is 0. The molecule has 102 valence electrons. The minimum atomic E-state index is -0.241. The average Bonchev–Trinajstić information content (AvgIpc) is 1.94. The Balaban J connectivity index is 2.79. The monoisotopic (exact) mass is 242 g/mol. The predicted molar refractivity (Wildman–Crippen MR) is 71.7 cm³/mol. The zero-order chi connectivity index (χ0) is 13.5. The smallest absolute Gasteiger partial charge is 0.103 e. The Bertz CT molecular complexity index is 243. The zero-order valence-corrected chi connectivity index (χ0v) is 12.9. The summed E-state index contributed by atoms with van der Waals surface area (Å²) in [6.07, 6.45) is 2.56. The molecule has 1 rings (SSSR count). The molecule has 0 radical (unpaired) electrons. The Morgan fingerprint density at radius 2 is 1.35 bits per heavy atom. The van der Waals surface area contributed by atoms with E-state index in [1.165, 1.54) is 12.8 Å². The summed E-state index contributed by atoms with van der Waals surface area (Å²) in [5, 5.41) is 0. The van der Waals surface area contributed by atoms with Gasteiger partial charge in [0, 0.05) is 0 Å². The van der Waals surface area contributed by atoms with Crippen molar-refractivity contribution in [3.05, 3.63) is 0 Å². The molecule has 1 aliphatic carbocycles. The molecule has 0 bridgehead atoms. The van der Waals surface area contributed by atoms with Gasteiger partial charge < -0.3 is 0 Å². The predicted octanol–water partition coefficient (Wildman–Crippen LogP) is 4.58. The standard InChI is InChI=1S/C15H30O2/c1-11-9-14(5,6)12(15(7,8)10-11)16-17-13(2,3)4/h11-12H,9-10H2,1-8H3. The van der Waals surface area contributed by atoms with E-state index in [2.05, 4.69) is 34.6 Å². The quantitative estimate of drug-likeness (QED) is 0.521. The third kappa shape index (κ3) is 3.96. The summed E-state index contributed by atoms with van der Waals surface area (Å²) in [4.78, 5) is 11.4. The van der Waals surface area contributed by atoms with Gasteiger partial charge in [-0.15, -0.1) is 0 Å². The van der Waals surface area contributed by atoms with Crippen LogP contribution in [0.5, 0.6) is 0 Å². The highest BCUT2D eigenvalue weighted by Gasteiger charge is 2.48. The van der Waals surface area contributed by atoms with Gasteiger partial charge in [-0.3, -0.25) is 0 Å². The van der Waals surface area contributed by atoms with Crippen molar-refractivity contribution in [3.8, 4) is 0 Å². The molecule has 0 aromatic rings. The molecule has 2 heteroatoms. The van der Waals surface area contributed by atoms with Crippen molar-refractivity contribution < 1.29 is 9.78 Å². The van der Waals surface area contributed by atoms with E-state index >= 15 is 0 Å². The van der Waals surface area contributed by atoms with Crippen molar-refractivity contribution in [2.75, 3.05) is 0 Å². The molecular formula is C15H30O2. The van der Waals surface area contributed by atoms with E-state index in [4.69, 9.17) is 9.78 Å². The van der Waals surface area contributed by atoms with Gasteiger partial charge in [0.15, 0.2) is 0 Å². The van der Waals surface area contributed by atoms with E-state index in [1.807, 2.05) is 20.8 Å². The van der Waals surface area contributed by atoms with Gasteiger partial charge in [-0.1, -0.05) is 34.6 Å². The van der Waals surface area contributed by atoms with Gasteiger partial charge >= 0.3 is 0 Å². The molecule has 0 N–H and O–H groups in total. The summed E-state index contributed by atoms with van der Waals surface area (Å²) < 4.78 is 0. The molecule has 0 heterocycles. The van der Waals surface area contributed by atoms with Gasteiger partial charge in [0.2, 0.25) is 0 Å². The first-order valence-electron chi connectivity index (χ1n) is 6.78. The van der Waals surface area contributed by atoms with Crippen LogP contribution in [0.25, 0.3) is 0 Å². The molecule has 0 aromatic heterocycles. The lowest BCUT2D eigenvalue weighted by Crippen LogP contribution is -2.50. The Morgan fingerprint density at radius 3 is 1.71 bits per heavy atom. The molecule has 0 aromatic carbocycles. The van der Waals surface area contributed by atoms with Crippen LogP contribution in [0.2, 0.25) is 0 Å². The second kappa shape index (κ2) is 4.55. The molecule has 0 spiro atoms. The molecule has 1 saturated carbocycles. The zero-order valence-electron chi connectivity index (χ0n) is 12.9. The van der Waals surface area contributed by atoms with Crippen molar-refractivity contribution in [2.24, 2.45) is 16.7 Å². The molecule has 17 heavy (non-hydrogen) atoms. The number of hydrogen-bond acceptors (Lipinski definition) is 2. The average molecular weight is 242 g/mol. The fraction of sp³-hybridized carbons (Fsp3) is 1.00. The van der Waals surface area contributed by atoms with Gasteiger partial charge in [0.05, 0.1) is 5.60 Å². The van der Waals surface area contributed by atoms with Gasteiger partial charge in [-0.25, -0.2) is 9.78 Å². The fourth-order valence-corrected chi connectivity index (χ4v) is 3.59. The molecule has 0 aliphatic heterocycles. The lowest BCUT2D eigenvalue weighted by atomic mass is 9.60. The summed E-state index contributed by atoms with van der Waals surface area (Å²) in [5.41, 5.74) is 0.105. The van der Waals surface area contributed by atoms with E-state index in [-0.39, 0.29) is 22.5 Å². The fourth-order valence-electron chi connectivity index (χ4n) is 3.59. The van der Waals surface area contributed by atoms with Gasteiger partial charge in [-0.2, -0.15) is 0 Å². The highest BCUT2D eigenvalue weighted by atomic mass is 17.2. The van der Waals surface area contributed by atoms with E-state index in [0.717, 1.165) is 5.92 Å². The summed E-state index contributed by atoms with van der Waals surface area (Å²) >= 11 is 0. The molecule has 2 nitrogen and oxygen atoms in total. The normalized spacial score (nSPS) is 32.5. The maximum Gasteiger partial charge on any atom is 0.103 e. The SMILES string of the molecule is CC1CC(C)(C)C(OOC(C)(C)C)C(C)(C)C1. The highest BCUT2D eigenvalue weighted by Crippen LogP contribution is 2.50. The van der Waals surface area contributed by atoms with Crippen LogP contribution in [0.1, 0.15) is 68.2 Å². The van der Waals surface area contributed by atoms with E-state index in [9.17, 15) is 0 Å². The first kappa shape index (κ1) is 15.0. The molecule has 1 fully saturated rings. The Hall–Kier alpha value is -0.0800. The van der Waals surface area contributed by atoms with E-state index in [0.29, 0.717) is 0 Å². The van der Waals surface area contributed by atoms with Crippen molar-refractivity contribution in [1.82, 2.24) is 0 Å². The summed E-state index contributed by atoms with van der Waals surface area (Å²) in [5.74, 6) is 0.759. The Labute approximate surface area is 107 Å². The molecule has 0 saturated heterocycles. The van der Waals surface area contributed by atoms with Gasteiger partial charge in [0.1, 0.15) is 6.10 Å². The van der Waals surface area contributed by atoms with E-state index < -0.39 is 0 Å². The second-order valence-corrected chi connectivity index (χ2v) is 8.16. The molecule has 0 atom stereocenters. The van der Waals surface area contributed by atoms with Crippen LogP contribution in [-0.4, -0.2) is 11.7 Å². The van der Waals surface area contributed by atoms with Crippen molar-refractivity contribution in [2.45, 2.75) is 79.9 Å². The van der Waals surface area contributed by atoms with Crippen molar-refractivity contribution in [3.63, 3.8) is 0 Å². The lowest BCUT2D eigenvalue weighted by Gasteiger charge is -2.50. The van der Waals surface area contributed by atoms with Crippen LogP contribution in [0.15, 0.2) is 0 Å². The minimum absolute atomic E-state index is 0.158. The summed E-state index contributed by atoms with van der Waals surface area (Å²) in [6, 6.07) is 0. The lowest BCUT2D eigenvalue weighted by molar-refractivity contribution is -0.408. The maximum absolute atomic E-state index is 5.83. The van der Waals surface area contributed by atoms with Crippen molar-refractivity contribution >= 4 is 0 Å². The van der Waals surface area contributed by atoms with Gasteiger partial charge in [0.25, 0.3) is 0 Å². The third-order valence-corrected chi connectivity index (χ3v) is 3.56. The number of hydrogen-bond donors (Lipinski definition) is 0. The first-order chi connectivity index (χ1) is 7.44. The van der Waals surface area contributed by atoms with Crippen LogP contribution >= 0.6 is 0 Å². The van der Waals surface area contributed by atoms with E-state index in [1.54, 1.807) is 0 Å². The topological polar surface area (TPSA) is 18.5 Å². The Morgan fingerprint density at radius 1 is 0.941 bits per heavy atom. The summed E-state index contributed by atoms with van der Waals surface area (Å²) in [6.45, 7) is 17.6. The van der Waals surface area contributed by atoms with Crippen LogP contribution in [0.4, 0.5) is 0 Å². The molecule has 1 aliphatic rings. The number of rotatable bonds is 2. The molecular weight excluding hydrogens is 212 g/mol.